The van der Waals surface area contributed by atoms with Gasteiger partial charge in [-0.3, -0.25) is 4.79 Å². The average molecular weight is 318 g/mol. The predicted molar refractivity (Wildman–Crippen MR) is 90.1 cm³/mol. The molecule has 1 amide bonds. The molecule has 2 aromatic rings. The van der Waals surface area contributed by atoms with Gasteiger partial charge in [-0.15, -0.1) is 11.3 Å². The highest BCUT2D eigenvalue weighted by Gasteiger charge is 2.12. The van der Waals surface area contributed by atoms with Crippen LogP contribution >= 0.6 is 11.3 Å². The summed E-state index contributed by atoms with van der Waals surface area (Å²) in [4.78, 5) is 18.5. The molecule has 0 bridgehead atoms. The van der Waals surface area contributed by atoms with Gasteiger partial charge in [0.1, 0.15) is 5.01 Å². The van der Waals surface area contributed by atoms with Crippen LogP contribution in [-0.4, -0.2) is 43.1 Å². The lowest BCUT2D eigenvalue weighted by atomic mass is 10.2. The van der Waals surface area contributed by atoms with E-state index in [9.17, 15) is 4.79 Å². The fourth-order valence-corrected chi connectivity index (χ4v) is 2.90. The van der Waals surface area contributed by atoms with E-state index in [1.54, 1.807) is 23.3 Å². The highest BCUT2D eigenvalue weighted by Crippen LogP contribution is 2.24. The third-order valence-corrected chi connectivity index (χ3v) is 4.39. The van der Waals surface area contributed by atoms with Gasteiger partial charge in [0.25, 0.3) is 0 Å². The summed E-state index contributed by atoms with van der Waals surface area (Å²) >= 11 is 1.58. The number of benzene rings is 1. The van der Waals surface area contributed by atoms with Gasteiger partial charge in [0.2, 0.25) is 5.91 Å². The molecule has 0 aliphatic heterocycles. The molecule has 0 fully saturated rings. The number of carbonyl (C=O) groups is 1. The Balaban J connectivity index is 1.94. The molecule has 118 valence electrons. The lowest BCUT2D eigenvalue weighted by molar-refractivity contribution is -0.129. The number of aryl methyl sites for hydroxylation is 1. The molecular weight excluding hydrogens is 296 g/mol. The smallest absolute Gasteiger partial charge is 0.228 e. The maximum absolute atomic E-state index is 12.1. The van der Waals surface area contributed by atoms with Crippen LogP contribution in [0, 0.1) is 6.92 Å². The van der Waals surface area contributed by atoms with Gasteiger partial charge in [-0.1, -0.05) is 29.8 Å². The number of rotatable bonds is 7. The first-order valence-electron chi connectivity index (χ1n) is 7.34. The molecule has 0 unspecified atom stereocenters. The van der Waals surface area contributed by atoms with Gasteiger partial charge < -0.3 is 9.64 Å². The molecule has 1 aromatic carbocycles. The third-order valence-electron chi connectivity index (χ3n) is 3.45. The van der Waals surface area contributed by atoms with Crippen molar-refractivity contribution in [2.75, 3.05) is 27.3 Å². The van der Waals surface area contributed by atoms with Crippen LogP contribution in [0.1, 0.15) is 17.7 Å². The Bertz CT molecular complexity index is 607. The van der Waals surface area contributed by atoms with Crippen LogP contribution in [0.25, 0.3) is 10.6 Å². The minimum atomic E-state index is 0.0943. The zero-order valence-electron chi connectivity index (χ0n) is 13.3. The van der Waals surface area contributed by atoms with Gasteiger partial charge in [0, 0.05) is 38.3 Å². The van der Waals surface area contributed by atoms with Crippen molar-refractivity contribution in [3.8, 4) is 10.6 Å². The molecule has 5 heteroatoms. The number of carbonyl (C=O) groups excluding carboxylic acids is 1. The summed E-state index contributed by atoms with van der Waals surface area (Å²) in [5.74, 6) is 0.0943. The Kier molecular flexibility index (Phi) is 6.10. The minimum absolute atomic E-state index is 0.0943. The van der Waals surface area contributed by atoms with Gasteiger partial charge in [-0.05, 0) is 13.3 Å². The molecule has 0 radical (unpaired) electrons. The van der Waals surface area contributed by atoms with Gasteiger partial charge in [-0.25, -0.2) is 4.98 Å². The lowest BCUT2D eigenvalue weighted by Crippen LogP contribution is -2.29. The number of methoxy groups -OCH3 is 1. The van der Waals surface area contributed by atoms with E-state index in [2.05, 4.69) is 36.2 Å². The maximum atomic E-state index is 12.1. The quantitative estimate of drug-likeness (QED) is 0.737. The zero-order valence-corrected chi connectivity index (χ0v) is 14.2. The molecule has 0 aliphatic carbocycles. The molecular formula is C17H22N2O2S. The summed E-state index contributed by atoms with van der Waals surface area (Å²) in [6, 6.07) is 8.28. The van der Waals surface area contributed by atoms with Crippen molar-refractivity contribution in [2.24, 2.45) is 0 Å². The van der Waals surface area contributed by atoms with Crippen molar-refractivity contribution in [2.45, 2.75) is 19.8 Å². The predicted octanol–water partition coefficient (Wildman–Crippen LogP) is 3.16. The van der Waals surface area contributed by atoms with Crippen molar-refractivity contribution in [3.05, 3.63) is 40.9 Å². The molecule has 1 aromatic heterocycles. The Morgan fingerprint density at radius 1 is 1.32 bits per heavy atom. The van der Waals surface area contributed by atoms with Crippen LogP contribution in [0.15, 0.2) is 29.6 Å². The van der Waals surface area contributed by atoms with Crippen LogP contribution in [-0.2, 0) is 16.0 Å². The van der Waals surface area contributed by atoms with Gasteiger partial charge in [-0.2, -0.15) is 0 Å². The first-order chi connectivity index (χ1) is 10.6. The van der Waals surface area contributed by atoms with E-state index < -0.39 is 0 Å². The molecule has 2 rings (SSSR count). The number of aromatic nitrogens is 1. The first-order valence-corrected chi connectivity index (χ1v) is 8.22. The van der Waals surface area contributed by atoms with Crippen LogP contribution in [0.4, 0.5) is 0 Å². The SMILES string of the molecule is COCCCN(C)C(=O)Cc1csc(-c2ccc(C)cc2)n1. The molecule has 4 nitrogen and oxygen atoms in total. The third kappa shape index (κ3) is 4.64. The number of hydrogen-bond acceptors (Lipinski definition) is 4. The Morgan fingerprint density at radius 3 is 2.73 bits per heavy atom. The van der Waals surface area contributed by atoms with E-state index in [-0.39, 0.29) is 5.91 Å². The largest absolute Gasteiger partial charge is 0.385 e. The number of thiazole rings is 1. The zero-order chi connectivity index (χ0) is 15.9. The van der Waals surface area contributed by atoms with Crippen LogP contribution in [0.2, 0.25) is 0 Å². The molecule has 22 heavy (non-hydrogen) atoms. The molecule has 0 atom stereocenters. The average Bonchev–Trinajstić information content (AvgIpc) is 2.96. The topological polar surface area (TPSA) is 42.4 Å². The van der Waals surface area contributed by atoms with Crippen molar-refractivity contribution < 1.29 is 9.53 Å². The molecule has 0 aliphatic rings. The van der Waals surface area contributed by atoms with Gasteiger partial charge in [0.15, 0.2) is 0 Å². The standard InChI is InChI=1S/C17H22N2O2S/c1-13-5-7-14(8-6-13)17-18-15(12-22-17)11-16(20)19(2)9-4-10-21-3/h5-8,12H,4,9-11H2,1-3H3. The van der Waals surface area contributed by atoms with E-state index in [4.69, 9.17) is 4.74 Å². The van der Waals surface area contributed by atoms with E-state index in [1.165, 1.54) is 5.56 Å². The van der Waals surface area contributed by atoms with E-state index in [1.807, 2.05) is 12.4 Å². The summed E-state index contributed by atoms with van der Waals surface area (Å²) in [5, 5.41) is 2.93. The second kappa shape index (κ2) is 8.06. The Hall–Kier alpha value is -1.72. The van der Waals surface area contributed by atoms with Crippen molar-refractivity contribution in [3.63, 3.8) is 0 Å². The van der Waals surface area contributed by atoms with Crippen LogP contribution in [0.5, 0.6) is 0 Å². The fraction of sp³-hybridized carbons (Fsp3) is 0.412. The molecule has 0 spiro atoms. The normalized spacial score (nSPS) is 10.7. The van der Waals surface area contributed by atoms with E-state index in [0.717, 1.165) is 22.7 Å². The second-order valence-corrected chi connectivity index (χ2v) is 6.21. The summed E-state index contributed by atoms with van der Waals surface area (Å²) in [6.45, 7) is 3.45. The summed E-state index contributed by atoms with van der Waals surface area (Å²) in [6.07, 6.45) is 1.20. The minimum Gasteiger partial charge on any atom is -0.385 e. The number of ether oxygens (including phenoxy) is 1. The van der Waals surface area contributed by atoms with Crippen molar-refractivity contribution >= 4 is 17.2 Å². The summed E-state index contributed by atoms with van der Waals surface area (Å²) < 4.78 is 5.00. The van der Waals surface area contributed by atoms with Crippen LogP contribution < -0.4 is 0 Å². The van der Waals surface area contributed by atoms with Crippen LogP contribution in [0.3, 0.4) is 0 Å². The highest BCUT2D eigenvalue weighted by atomic mass is 32.1. The number of nitrogens with zero attached hydrogens (tertiary/aromatic N) is 2. The second-order valence-electron chi connectivity index (χ2n) is 5.35. The highest BCUT2D eigenvalue weighted by molar-refractivity contribution is 7.13. The Morgan fingerprint density at radius 2 is 2.05 bits per heavy atom. The Labute approximate surface area is 135 Å². The van der Waals surface area contributed by atoms with Gasteiger partial charge >= 0.3 is 0 Å². The molecule has 1 heterocycles. The fourth-order valence-electron chi connectivity index (χ4n) is 2.08. The number of amides is 1. The summed E-state index contributed by atoms with van der Waals surface area (Å²) in [7, 11) is 3.49. The monoisotopic (exact) mass is 318 g/mol. The van der Waals surface area contributed by atoms with Crippen molar-refractivity contribution in [1.29, 1.82) is 0 Å². The number of likely N-dealkylation sites (N-methyl/N-ethyl adjacent to an activating group) is 1. The molecule has 0 N–H and O–H groups in total. The first kappa shape index (κ1) is 16.6. The van der Waals surface area contributed by atoms with Gasteiger partial charge in [0.05, 0.1) is 12.1 Å². The summed E-state index contributed by atoms with van der Waals surface area (Å²) in [5.41, 5.74) is 3.17. The lowest BCUT2D eigenvalue weighted by Gasteiger charge is -2.16. The van der Waals surface area contributed by atoms with Crippen molar-refractivity contribution in [1.82, 2.24) is 9.88 Å². The van der Waals surface area contributed by atoms with E-state index >= 15 is 0 Å². The molecule has 0 saturated heterocycles. The van der Waals surface area contributed by atoms with E-state index in [0.29, 0.717) is 19.6 Å². The molecule has 0 saturated carbocycles. The number of hydrogen-bond donors (Lipinski definition) is 0. The maximum Gasteiger partial charge on any atom is 0.228 e.